The standard InChI is InChI=1S/C12H13FN4O2/c1-12(2,3)11-14-15-16-17(11)9-5-4-7(13)6-8(9)10(18)19/h4-6H,1-3H3,(H,18,19). The van der Waals surface area contributed by atoms with Crippen LogP contribution in [0.1, 0.15) is 37.0 Å². The zero-order valence-corrected chi connectivity index (χ0v) is 10.8. The predicted octanol–water partition coefficient (Wildman–Crippen LogP) is 1.80. The van der Waals surface area contributed by atoms with Gasteiger partial charge in [0.15, 0.2) is 5.82 Å². The third kappa shape index (κ3) is 2.44. The third-order valence-corrected chi connectivity index (χ3v) is 2.56. The highest BCUT2D eigenvalue weighted by Gasteiger charge is 2.25. The number of carboxylic acid groups (broad SMARTS) is 1. The van der Waals surface area contributed by atoms with Gasteiger partial charge in [-0.1, -0.05) is 20.8 Å². The van der Waals surface area contributed by atoms with Crippen molar-refractivity contribution in [3.05, 3.63) is 35.4 Å². The molecule has 0 unspecified atom stereocenters. The van der Waals surface area contributed by atoms with Gasteiger partial charge >= 0.3 is 5.97 Å². The minimum Gasteiger partial charge on any atom is -0.478 e. The molecule has 6 nitrogen and oxygen atoms in total. The van der Waals surface area contributed by atoms with E-state index >= 15 is 0 Å². The molecule has 0 aliphatic rings. The van der Waals surface area contributed by atoms with E-state index in [1.807, 2.05) is 20.8 Å². The smallest absolute Gasteiger partial charge is 0.338 e. The van der Waals surface area contributed by atoms with Crippen molar-refractivity contribution in [2.45, 2.75) is 26.2 Å². The summed E-state index contributed by atoms with van der Waals surface area (Å²) in [6.45, 7) is 5.71. The maximum absolute atomic E-state index is 13.2. The van der Waals surface area contributed by atoms with Gasteiger partial charge in [0.2, 0.25) is 0 Å². The third-order valence-electron chi connectivity index (χ3n) is 2.56. The van der Waals surface area contributed by atoms with Crippen LogP contribution in [0.3, 0.4) is 0 Å². The lowest BCUT2D eigenvalue weighted by molar-refractivity contribution is 0.0696. The van der Waals surface area contributed by atoms with Gasteiger partial charge in [-0.2, -0.15) is 4.68 Å². The van der Waals surface area contributed by atoms with Gasteiger partial charge in [-0.3, -0.25) is 0 Å². The van der Waals surface area contributed by atoms with Gasteiger partial charge in [0, 0.05) is 5.41 Å². The van der Waals surface area contributed by atoms with E-state index in [1.54, 1.807) is 0 Å². The molecule has 0 atom stereocenters. The van der Waals surface area contributed by atoms with Crippen molar-refractivity contribution in [3.8, 4) is 5.69 Å². The Morgan fingerprint density at radius 3 is 2.63 bits per heavy atom. The monoisotopic (exact) mass is 264 g/mol. The molecule has 1 aromatic heterocycles. The lowest BCUT2D eigenvalue weighted by Gasteiger charge is -2.17. The Morgan fingerprint density at radius 1 is 1.37 bits per heavy atom. The van der Waals surface area contributed by atoms with Gasteiger partial charge in [0.25, 0.3) is 0 Å². The molecule has 7 heteroatoms. The summed E-state index contributed by atoms with van der Waals surface area (Å²) in [6.07, 6.45) is 0. The van der Waals surface area contributed by atoms with E-state index in [2.05, 4.69) is 15.5 Å². The van der Waals surface area contributed by atoms with E-state index in [4.69, 9.17) is 5.11 Å². The number of halogens is 1. The first kappa shape index (κ1) is 13.1. The lowest BCUT2D eigenvalue weighted by atomic mass is 9.95. The van der Waals surface area contributed by atoms with Crippen LogP contribution in [0, 0.1) is 5.82 Å². The van der Waals surface area contributed by atoms with Gasteiger partial charge in [-0.05, 0) is 28.6 Å². The van der Waals surface area contributed by atoms with E-state index in [0.717, 1.165) is 6.07 Å². The maximum atomic E-state index is 13.2. The van der Waals surface area contributed by atoms with Crippen LogP contribution in [0.25, 0.3) is 5.69 Å². The van der Waals surface area contributed by atoms with Crippen LogP contribution in [-0.2, 0) is 5.41 Å². The second kappa shape index (κ2) is 4.42. The largest absolute Gasteiger partial charge is 0.478 e. The first-order valence-corrected chi connectivity index (χ1v) is 5.63. The highest BCUT2D eigenvalue weighted by Crippen LogP contribution is 2.23. The minimum absolute atomic E-state index is 0.183. The van der Waals surface area contributed by atoms with Crippen molar-refractivity contribution in [1.29, 1.82) is 0 Å². The topological polar surface area (TPSA) is 80.9 Å². The Hall–Kier alpha value is -2.31. The number of carbonyl (C=O) groups is 1. The minimum atomic E-state index is -1.23. The molecule has 100 valence electrons. The molecule has 0 saturated heterocycles. The zero-order valence-electron chi connectivity index (χ0n) is 10.8. The number of rotatable bonds is 2. The summed E-state index contributed by atoms with van der Waals surface area (Å²) in [6, 6.07) is 3.48. The molecular formula is C12H13FN4O2. The van der Waals surface area contributed by atoms with Gasteiger partial charge in [-0.15, -0.1) is 5.10 Å². The molecule has 0 aliphatic heterocycles. The summed E-state index contributed by atoms with van der Waals surface area (Å²) in [7, 11) is 0. The van der Waals surface area contributed by atoms with E-state index in [0.29, 0.717) is 5.82 Å². The highest BCUT2D eigenvalue weighted by molar-refractivity contribution is 5.91. The second-order valence-corrected chi connectivity index (χ2v) is 5.13. The quantitative estimate of drug-likeness (QED) is 0.894. The number of hydrogen-bond acceptors (Lipinski definition) is 4. The van der Waals surface area contributed by atoms with Crippen LogP contribution in [0.5, 0.6) is 0 Å². The fraction of sp³-hybridized carbons (Fsp3) is 0.333. The van der Waals surface area contributed by atoms with Gasteiger partial charge in [0.05, 0.1) is 11.3 Å². The molecule has 2 rings (SSSR count). The van der Waals surface area contributed by atoms with Crippen molar-refractivity contribution in [2.75, 3.05) is 0 Å². The Balaban J connectivity index is 2.67. The number of benzene rings is 1. The Bertz CT molecular complexity index is 631. The molecule has 0 saturated carbocycles. The molecule has 0 spiro atoms. The summed E-state index contributed by atoms with van der Waals surface area (Å²) >= 11 is 0. The van der Waals surface area contributed by atoms with Crippen LogP contribution >= 0.6 is 0 Å². The number of aromatic nitrogens is 4. The first-order chi connectivity index (χ1) is 8.80. The van der Waals surface area contributed by atoms with E-state index in [-0.39, 0.29) is 16.7 Å². The van der Waals surface area contributed by atoms with E-state index in [1.165, 1.54) is 16.8 Å². The van der Waals surface area contributed by atoms with Crippen LogP contribution < -0.4 is 0 Å². The average molecular weight is 264 g/mol. The van der Waals surface area contributed by atoms with E-state index in [9.17, 15) is 9.18 Å². The number of carboxylic acids is 1. The molecule has 0 radical (unpaired) electrons. The number of hydrogen-bond donors (Lipinski definition) is 1. The fourth-order valence-electron chi connectivity index (χ4n) is 1.68. The molecule has 1 heterocycles. The Labute approximate surface area is 108 Å². The molecule has 1 aromatic carbocycles. The van der Waals surface area contributed by atoms with Crippen molar-refractivity contribution in [1.82, 2.24) is 20.2 Å². The summed E-state index contributed by atoms with van der Waals surface area (Å²) in [5, 5.41) is 20.4. The molecule has 1 N–H and O–H groups in total. The SMILES string of the molecule is CC(C)(C)c1nnnn1-c1ccc(F)cc1C(=O)O. The van der Waals surface area contributed by atoms with Crippen LogP contribution in [0.4, 0.5) is 4.39 Å². The summed E-state index contributed by atoms with van der Waals surface area (Å²) < 4.78 is 14.5. The summed E-state index contributed by atoms with van der Waals surface area (Å²) in [5.41, 5.74) is -0.310. The maximum Gasteiger partial charge on any atom is 0.338 e. The predicted molar refractivity (Wildman–Crippen MR) is 64.8 cm³/mol. The van der Waals surface area contributed by atoms with Crippen molar-refractivity contribution in [3.63, 3.8) is 0 Å². The molecule has 0 fully saturated rings. The zero-order chi connectivity index (χ0) is 14.2. The van der Waals surface area contributed by atoms with Gasteiger partial charge < -0.3 is 5.11 Å². The summed E-state index contributed by atoms with van der Waals surface area (Å²) in [4.78, 5) is 11.2. The van der Waals surface area contributed by atoms with Crippen molar-refractivity contribution < 1.29 is 14.3 Å². The normalized spacial score (nSPS) is 11.6. The molecule has 0 aliphatic carbocycles. The number of nitrogens with zero attached hydrogens (tertiary/aromatic N) is 4. The highest BCUT2D eigenvalue weighted by atomic mass is 19.1. The number of tetrazole rings is 1. The number of aromatic carboxylic acids is 1. The second-order valence-electron chi connectivity index (χ2n) is 5.13. The molecule has 0 bridgehead atoms. The molecule has 0 amide bonds. The first-order valence-electron chi connectivity index (χ1n) is 5.63. The Morgan fingerprint density at radius 2 is 2.05 bits per heavy atom. The van der Waals surface area contributed by atoms with E-state index < -0.39 is 11.8 Å². The molecule has 2 aromatic rings. The Kier molecular flexibility index (Phi) is 3.05. The van der Waals surface area contributed by atoms with Crippen LogP contribution in [-0.4, -0.2) is 31.3 Å². The average Bonchev–Trinajstić information content (AvgIpc) is 2.77. The van der Waals surface area contributed by atoms with Gasteiger partial charge in [-0.25, -0.2) is 9.18 Å². The van der Waals surface area contributed by atoms with Crippen LogP contribution in [0.2, 0.25) is 0 Å². The molecule has 19 heavy (non-hydrogen) atoms. The lowest BCUT2D eigenvalue weighted by Crippen LogP contribution is -2.20. The van der Waals surface area contributed by atoms with Crippen LogP contribution in [0.15, 0.2) is 18.2 Å². The fourth-order valence-corrected chi connectivity index (χ4v) is 1.68. The molecular weight excluding hydrogens is 251 g/mol. The van der Waals surface area contributed by atoms with Crippen molar-refractivity contribution >= 4 is 5.97 Å². The van der Waals surface area contributed by atoms with Crippen molar-refractivity contribution in [2.24, 2.45) is 0 Å². The summed E-state index contributed by atoms with van der Waals surface area (Å²) in [5.74, 6) is -1.35. The van der Waals surface area contributed by atoms with Gasteiger partial charge in [0.1, 0.15) is 5.82 Å².